The number of likely N-dealkylation sites (tertiary alicyclic amines) is 3. The number of anilines is 1. The number of ether oxygens (including phenoxy) is 1. The van der Waals surface area contributed by atoms with Crippen molar-refractivity contribution in [1.29, 1.82) is 0 Å². The van der Waals surface area contributed by atoms with Crippen LogP contribution in [0.1, 0.15) is 61.6 Å². The number of piperidine rings is 3. The quantitative estimate of drug-likeness (QED) is 0.444. The van der Waals surface area contributed by atoms with Crippen LogP contribution in [0.15, 0.2) is 48.5 Å². The normalized spacial score (nSPS) is 25.7. The van der Waals surface area contributed by atoms with E-state index in [1.165, 1.54) is 0 Å². The number of benzene rings is 2. The van der Waals surface area contributed by atoms with Crippen LogP contribution in [0.5, 0.6) is 0 Å². The molecule has 0 spiro atoms. The number of aryl methyl sites for hydroxylation is 1. The van der Waals surface area contributed by atoms with Crippen LogP contribution in [0.2, 0.25) is 0 Å². The number of aldehydes is 1. The van der Waals surface area contributed by atoms with Gasteiger partial charge in [-0.25, -0.2) is 9.59 Å². The SMILES string of the molecule is Cc1cccc(COC(=O)N2CC[C@@H](N3CCc4ccccc4NC3=O)C[C@@]2(CC=O)N2CCC(N3CCC(O)CC3)CC2)c1. The molecule has 0 radical (unpaired) electrons. The summed E-state index contributed by atoms with van der Waals surface area (Å²) in [6.07, 6.45) is 5.74. The fraction of sp³-hybridized carbons (Fsp3) is 0.571. The standard InChI is InChI=1S/C35H47N5O5/c1-26-5-4-6-27(23-26)25-45-34(44)40-21-12-30(39-20-9-28-7-2-3-8-32(28)36-33(39)43)24-35(40,15-22-41)38-18-10-29(11-19-38)37-16-13-31(42)14-17-37/h2-8,22-23,29-31,42H,9-21,24-25H2,1H3,(H,36,43)/t30-,35+/m1/s1. The Kier molecular flexibility index (Phi) is 9.72. The number of aliphatic hydroxyl groups excluding tert-OH is 1. The van der Waals surface area contributed by atoms with E-state index in [0.29, 0.717) is 32.0 Å². The van der Waals surface area contributed by atoms with Crippen molar-refractivity contribution < 1.29 is 24.2 Å². The van der Waals surface area contributed by atoms with Crippen molar-refractivity contribution in [2.45, 2.75) is 88.7 Å². The summed E-state index contributed by atoms with van der Waals surface area (Å²) in [6.45, 7) is 6.42. The van der Waals surface area contributed by atoms with E-state index in [0.717, 1.165) is 86.9 Å². The van der Waals surface area contributed by atoms with Crippen LogP contribution in [0, 0.1) is 6.92 Å². The van der Waals surface area contributed by atoms with Gasteiger partial charge in [-0.1, -0.05) is 48.0 Å². The first kappa shape index (κ1) is 31.5. The predicted octanol–water partition coefficient (Wildman–Crippen LogP) is 4.39. The average Bonchev–Trinajstić information content (AvgIpc) is 3.22. The molecule has 4 heterocycles. The summed E-state index contributed by atoms with van der Waals surface area (Å²) in [5.41, 5.74) is 3.08. The van der Waals surface area contributed by atoms with E-state index in [1.807, 2.05) is 54.3 Å². The highest BCUT2D eigenvalue weighted by Crippen LogP contribution is 2.40. The van der Waals surface area contributed by atoms with Gasteiger partial charge in [0.2, 0.25) is 0 Å². The van der Waals surface area contributed by atoms with E-state index in [1.54, 1.807) is 4.90 Å². The Morgan fingerprint density at radius 1 is 0.978 bits per heavy atom. The Morgan fingerprint density at radius 3 is 2.49 bits per heavy atom. The number of urea groups is 1. The molecule has 2 N–H and O–H groups in total. The highest BCUT2D eigenvalue weighted by atomic mass is 16.6. The fourth-order valence-electron chi connectivity index (χ4n) is 8.02. The first-order valence-electron chi connectivity index (χ1n) is 16.6. The second kappa shape index (κ2) is 13.9. The lowest BCUT2D eigenvalue weighted by Gasteiger charge is -2.57. The lowest BCUT2D eigenvalue weighted by atomic mass is 9.84. The summed E-state index contributed by atoms with van der Waals surface area (Å²) in [5, 5.41) is 13.1. The Hall–Kier alpha value is -3.47. The van der Waals surface area contributed by atoms with Crippen molar-refractivity contribution in [2.24, 2.45) is 0 Å². The molecule has 3 fully saturated rings. The van der Waals surface area contributed by atoms with Crippen molar-refractivity contribution in [3.05, 3.63) is 65.2 Å². The predicted molar refractivity (Wildman–Crippen MR) is 172 cm³/mol. The van der Waals surface area contributed by atoms with Crippen molar-refractivity contribution in [1.82, 2.24) is 19.6 Å². The molecule has 242 valence electrons. The van der Waals surface area contributed by atoms with Gasteiger partial charge in [-0.3, -0.25) is 9.80 Å². The monoisotopic (exact) mass is 617 g/mol. The minimum absolute atomic E-state index is 0.133. The second-order valence-corrected chi connectivity index (χ2v) is 13.2. The van der Waals surface area contributed by atoms with Gasteiger partial charge < -0.3 is 29.8 Å². The third-order valence-electron chi connectivity index (χ3n) is 10.5. The summed E-state index contributed by atoms with van der Waals surface area (Å²) < 4.78 is 5.93. The minimum atomic E-state index is -0.892. The molecular formula is C35H47N5O5. The number of carbonyl (C=O) groups excluding carboxylic acids is 3. The molecule has 0 saturated carbocycles. The van der Waals surface area contributed by atoms with Crippen LogP contribution in [0.25, 0.3) is 0 Å². The first-order chi connectivity index (χ1) is 21.9. The molecule has 2 aromatic rings. The topological polar surface area (TPSA) is 106 Å². The number of hydrogen-bond acceptors (Lipinski definition) is 7. The second-order valence-electron chi connectivity index (χ2n) is 13.2. The Labute approximate surface area is 266 Å². The molecule has 3 saturated heterocycles. The highest BCUT2D eigenvalue weighted by Gasteiger charge is 2.52. The number of nitrogens with one attached hydrogen (secondary N) is 1. The maximum Gasteiger partial charge on any atom is 0.411 e. The van der Waals surface area contributed by atoms with Gasteiger partial charge in [0, 0.05) is 69.9 Å². The van der Waals surface area contributed by atoms with Crippen LogP contribution in [0.3, 0.4) is 0 Å². The molecule has 4 aliphatic rings. The van der Waals surface area contributed by atoms with E-state index >= 15 is 0 Å². The van der Waals surface area contributed by atoms with Crippen LogP contribution >= 0.6 is 0 Å². The van der Waals surface area contributed by atoms with E-state index in [4.69, 9.17) is 4.74 Å². The lowest BCUT2D eigenvalue weighted by Crippen LogP contribution is -2.70. The number of rotatable bonds is 7. The maximum atomic E-state index is 13.9. The van der Waals surface area contributed by atoms with Crippen LogP contribution < -0.4 is 5.32 Å². The Morgan fingerprint density at radius 2 is 1.73 bits per heavy atom. The molecule has 2 aromatic carbocycles. The van der Waals surface area contributed by atoms with Gasteiger partial charge in [-0.15, -0.1) is 0 Å². The highest BCUT2D eigenvalue weighted by molar-refractivity contribution is 5.91. The molecular weight excluding hydrogens is 570 g/mol. The minimum Gasteiger partial charge on any atom is -0.445 e. The number of hydrogen-bond donors (Lipinski definition) is 2. The number of nitrogens with zero attached hydrogens (tertiary/aromatic N) is 4. The van der Waals surface area contributed by atoms with Gasteiger partial charge >= 0.3 is 12.1 Å². The van der Waals surface area contributed by atoms with Crippen molar-refractivity contribution in [3.8, 4) is 0 Å². The largest absolute Gasteiger partial charge is 0.445 e. The number of para-hydroxylation sites is 1. The van der Waals surface area contributed by atoms with E-state index < -0.39 is 11.8 Å². The molecule has 3 amide bonds. The van der Waals surface area contributed by atoms with Crippen LogP contribution in [-0.2, 0) is 22.6 Å². The van der Waals surface area contributed by atoms with E-state index in [2.05, 4.69) is 21.2 Å². The summed E-state index contributed by atoms with van der Waals surface area (Å²) in [7, 11) is 0. The third-order valence-corrected chi connectivity index (χ3v) is 10.5. The summed E-state index contributed by atoms with van der Waals surface area (Å²) in [4.78, 5) is 48.5. The molecule has 0 aliphatic carbocycles. The Bertz CT molecular complexity index is 1360. The Balaban J connectivity index is 1.23. The molecule has 45 heavy (non-hydrogen) atoms. The van der Waals surface area contributed by atoms with Crippen molar-refractivity contribution >= 4 is 24.1 Å². The summed E-state index contributed by atoms with van der Waals surface area (Å²) >= 11 is 0. The average molecular weight is 618 g/mol. The summed E-state index contributed by atoms with van der Waals surface area (Å²) in [6, 6.07) is 16.0. The number of amides is 3. The molecule has 6 rings (SSSR count). The molecule has 0 bridgehead atoms. The number of fused-ring (bicyclic) bond motifs is 1. The van der Waals surface area contributed by atoms with Crippen molar-refractivity contribution in [3.63, 3.8) is 0 Å². The zero-order valence-corrected chi connectivity index (χ0v) is 26.4. The molecule has 2 atom stereocenters. The molecule has 10 heteroatoms. The van der Waals surface area contributed by atoms with Crippen LogP contribution in [0.4, 0.5) is 15.3 Å². The van der Waals surface area contributed by atoms with Gasteiger partial charge in [-0.05, 0) is 62.6 Å². The van der Waals surface area contributed by atoms with Gasteiger partial charge in [0.25, 0.3) is 0 Å². The molecule has 0 unspecified atom stereocenters. The van der Waals surface area contributed by atoms with Gasteiger partial charge in [0.15, 0.2) is 0 Å². The maximum absolute atomic E-state index is 13.9. The van der Waals surface area contributed by atoms with Gasteiger partial charge in [0.1, 0.15) is 18.6 Å². The number of carbonyl (C=O) groups is 3. The zero-order chi connectivity index (χ0) is 31.4. The fourth-order valence-corrected chi connectivity index (χ4v) is 8.02. The van der Waals surface area contributed by atoms with Gasteiger partial charge in [-0.2, -0.15) is 0 Å². The molecule has 10 nitrogen and oxygen atoms in total. The zero-order valence-electron chi connectivity index (χ0n) is 26.4. The number of aliphatic hydroxyl groups is 1. The smallest absolute Gasteiger partial charge is 0.411 e. The van der Waals surface area contributed by atoms with Crippen LogP contribution in [-0.4, -0.2) is 106 Å². The third kappa shape index (κ3) is 6.88. The molecule has 0 aromatic heterocycles. The summed E-state index contributed by atoms with van der Waals surface area (Å²) in [5.74, 6) is 0. The molecule has 4 aliphatic heterocycles. The lowest BCUT2D eigenvalue weighted by molar-refractivity contribution is -0.128. The first-order valence-corrected chi connectivity index (χ1v) is 16.6. The van der Waals surface area contributed by atoms with E-state index in [9.17, 15) is 19.5 Å². The van der Waals surface area contributed by atoms with E-state index in [-0.39, 0.29) is 31.2 Å². The van der Waals surface area contributed by atoms with Crippen molar-refractivity contribution in [2.75, 3.05) is 44.6 Å². The van der Waals surface area contributed by atoms with Gasteiger partial charge in [0.05, 0.1) is 6.10 Å².